The smallest absolute Gasteiger partial charge is 0.240 e. The number of hydrogen-bond acceptors (Lipinski definition) is 5. The van der Waals surface area contributed by atoms with Gasteiger partial charge in [-0.3, -0.25) is 9.59 Å². The maximum Gasteiger partial charge on any atom is 0.240 e. The minimum Gasteiger partial charge on any atom is -0.377 e. The van der Waals surface area contributed by atoms with Crippen molar-refractivity contribution in [2.45, 2.75) is 37.2 Å². The number of carbonyl (C=O) groups excluding carboxylic acids is 2. The molecule has 2 N–H and O–H groups in total. The highest BCUT2D eigenvalue weighted by atomic mass is 35.5. The number of sulfonamides is 1. The standard InChI is InChI=1S/C23H26ClN3O5S/c1-15-4-7-18(12-21(15)24)27-14-16(11-22(27)28)23(29)26-17-5-8-20(9-6-17)33(30,31)25-13-19-3-2-10-32-19/h4-9,12,16,19,25H,2-3,10-11,13-14H2,1H3,(H,26,29)/t16-,19-/m0/s1. The Morgan fingerprint density at radius 1 is 1.21 bits per heavy atom. The summed E-state index contributed by atoms with van der Waals surface area (Å²) in [5.74, 6) is -0.959. The molecular weight excluding hydrogens is 466 g/mol. The van der Waals surface area contributed by atoms with Crippen molar-refractivity contribution in [2.75, 3.05) is 29.9 Å². The third kappa shape index (κ3) is 5.55. The predicted octanol–water partition coefficient (Wildman–Crippen LogP) is 3.10. The van der Waals surface area contributed by atoms with Crippen LogP contribution in [0.1, 0.15) is 24.8 Å². The molecule has 0 unspecified atom stereocenters. The Hall–Kier alpha value is -2.46. The maximum atomic E-state index is 12.7. The topological polar surface area (TPSA) is 105 Å². The molecule has 0 spiro atoms. The Balaban J connectivity index is 1.35. The summed E-state index contributed by atoms with van der Waals surface area (Å²) < 4.78 is 33.0. The molecule has 176 valence electrons. The molecule has 2 aromatic carbocycles. The van der Waals surface area contributed by atoms with Gasteiger partial charge in [0.05, 0.1) is 16.9 Å². The van der Waals surface area contributed by atoms with Gasteiger partial charge in [0, 0.05) is 42.5 Å². The summed E-state index contributed by atoms with van der Waals surface area (Å²) in [6.45, 7) is 3.03. The number of nitrogens with one attached hydrogen (secondary N) is 2. The minimum absolute atomic E-state index is 0.0942. The maximum absolute atomic E-state index is 12.7. The number of halogens is 1. The lowest BCUT2D eigenvalue weighted by Crippen LogP contribution is -2.31. The summed E-state index contributed by atoms with van der Waals surface area (Å²) >= 11 is 6.17. The number of ether oxygens (including phenoxy) is 1. The number of benzene rings is 2. The molecule has 2 fully saturated rings. The summed E-state index contributed by atoms with van der Waals surface area (Å²) in [5.41, 5.74) is 2.03. The second-order valence-corrected chi connectivity index (χ2v) is 10.5. The first kappa shape index (κ1) is 23.7. The zero-order chi connectivity index (χ0) is 23.6. The van der Waals surface area contributed by atoms with Crippen LogP contribution in [0.3, 0.4) is 0 Å². The largest absolute Gasteiger partial charge is 0.377 e. The van der Waals surface area contributed by atoms with Crippen LogP contribution in [0, 0.1) is 12.8 Å². The van der Waals surface area contributed by atoms with Gasteiger partial charge in [0.1, 0.15) is 0 Å². The number of nitrogens with zero attached hydrogens (tertiary/aromatic N) is 1. The molecule has 2 aliphatic heterocycles. The van der Waals surface area contributed by atoms with Gasteiger partial charge >= 0.3 is 0 Å². The predicted molar refractivity (Wildman–Crippen MR) is 126 cm³/mol. The van der Waals surface area contributed by atoms with Crippen molar-refractivity contribution in [1.29, 1.82) is 0 Å². The van der Waals surface area contributed by atoms with E-state index in [4.69, 9.17) is 16.3 Å². The lowest BCUT2D eigenvalue weighted by atomic mass is 10.1. The molecule has 2 amide bonds. The van der Waals surface area contributed by atoms with E-state index in [0.717, 1.165) is 18.4 Å². The third-order valence-corrected chi connectivity index (χ3v) is 7.77. The monoisotopic (exact) mass is 491 g/mol. The summed E-state index contributed by atoms with van der Waals surface area (Å²) in [6, 6.07) is 11.3. The van der Waals surface area contributed by atoms with Gasteiger partial charge in [-0.25, -0.2) is 13.1 Å². The number of rotatable bonds is 7. The SMILES string of the molecule is Cc1ccc(N2C[C@@H](C(=O)Nc3ccc(S(=O)(=O)NC[C@@H]4CCCO4)cc3)CC2=O)cc1Cl. The Labute approximate surface area is 198 Å². The molecular formula is C23H26ClN3O5S. The summed E-state index contributed by atoms with van der Waals surface area (Å²) in [4.78, 5) is 26.9. The molecule has 0 radical (unpaired) electrons. The fraction of sp³-hybridized carbons (Fsp3) is 0.391. The molecule has 2 aliphatic rings. The van der Waals surface area contributed by atoms with Crippen LogP contribution in [0.4, 0.5) is 11.4 Å². The number of anilines is 2. The molecule has 2 aromatic rings. The lowest BCUT2D eigenvalue weighted by Gasteiger charge is -2.17. The van der Waals surface area contributed by atoms with E-state index in [1.165, 1.54) is 24.3 Å². The van der Waals surface area contributed by atoms with E-state index in [0.29, 0.717) is 23.0 Å². The molecule has 8 nitrogen and oxygen atoms in total. The molecule has 0 bridgehead atoms. The number of hydrogen-bond donors (Lipinski definition) is 2. The van der Waals surface area contributed by atoms with E-state index in [9.17, 15) is 18.0 Å². The van der Waals surface area contributed by atoms with Gasteiger partial charge in [-0.15, -0.1) is 0 Å². The van der Waals surface area contributed by atoms with Gasteiger partial charge in [0.2, 0.25) is 21.8 Å². The first-order valence-corrected chi connectivity index (χ1v) is 12.7. The summed E-state index contributed by atoms with van der Waals surface area (Å²) in [7, 11) is -3.67. The first-order valence-electron chi connectivity index (χ1n) is 10.8. The highest BCUT2D eigenvalue weighted by Crippen LogP contribution is 2.29. The third-order valence-electron chi connectivity index (χ3n) is 5.92. The van der Waals surface area contributed by atoms with E-state index in [1.54, 1.807) is 11.0 Å². The summed E-state index contributed by atoms with van der Waals surface area (Å²) in [5, 5.41) is 3.34. The van der Waals surface area contributed by atoms with Gasteiger partial charge in [0.25, 0.3) is 0 Å². The average molecular weight is 492 g/mol. The second-order valence-electron chi connectivity index (χ2n) is 8.34. The van der Waals surface area contributed by atoms with E-state index >= 15 is 0 Å². The van der Waals surface area contributed by atoms with Crippen LogP contribution in [0.2, 0.25) is 5.02 Å². The van der Waals surface area contributed by atoms with Crippen LogP contribution >= 0.6 is 11.6 Å². The van der Waals surface area contributed by atoms with Crippen molar-refractivity contribution in [3.8, 4) is 0 Å². The van der Waals surface area contributed by atoms with Crippen LogP contribution in [0.5, 0.6) is 0 Å². The first-order chi connectivity index (χ1) is 15.7. The van der Waals surface area contributed by atoms with Crippen molar-refractivity contribution in [3.05, 3.63) is 53.1 Å². The highest BCUT2D eigenvalue weighted by Gasteiger charge is 2.35. The molecule has 33 heavy (non-hydrogen) atoms. The second kappa shape index (κ2) is 9.80. The van der Waals surface area contributed by atoms with E-state index in [1.807, 2.05) is 19.1 Å². The number of amides is 2. The summed E-state index contributed by atoms with van der Waals surface area (Å²) in [6.07, 6.45) is 1.77. The highest BCUT2D eigenvalue weighted by molar-refractivity contribution is 7.89. The molecule has 2 heterocycles. The van der Waals surface area contributed by atoms with Crippen molar-refractivity contribution >= 4 is 44.8 Å². The molecule has 0 aromatic heterocycles. The fourth-order valence-electron chi connectivity index (χ4n) is 3.94. The normalized spacial score (nSPS) is 20.9. The fourth-order valence-corrected chi connectivity index (χ4v) is 5.18. The Kier molecular flexibility index (Phi) is 7.04. The zero-order valence-corrected chi connectivity index (χ0v) is 19.8. The van der Waals surface area contributed by atoms with Crippen LogP contribution in [0.25, 0.3) is 0 Å². The number of aryl methyl sites for hydroxylation is 1. The number of carbonyl (C=O) groups is 2. The van der Waals surface area contributed by atoms with Crippen molar-refractivity contribution in [3.63, 3.8) is 0 Å². The molecule has 2 atom stereocenters. The minimum atomic E-state index is -3.67. The van der Waals surface area contributed by atoms with Crippen LogP contribution in [-0.2, 0) is 24.3 Å². The zero-order valence-electron chi connectivity index (χ0n) is 18.2. The molecule has 4 rings (SSSR count). The van der Waals surface area contributed by atoms with Crippen LogP contribution < -0.4 is 14.9 Å². The Bertz CT molecular complexity index is 1150. The molecule has 10 heteroatoms. The van der Waals surface area contributed by atoms with Gasteiger partial charge in [-0.2, -0.15) is 0 Å². The average Bonchev–Trinajstić information content (AvgIpc) is 3.44. The van der Waals surface area contributed by atoms with Gasteiger partial charge in [-0.1, -0.05) is 17.7 Å². The van der Waals surface area contributed by atoms with Crippen molar-refractivity contribution in [2.24, 2.45) is 5.92 Å². The van der Waals surface area contributed by atoms with E-state index < -0.39 is 15.9 Å². The van der Waals surface area contributed by atoms with E-state index in [-0.39, 0.29) is 42.3 Å². The van der Waals surface area contributed by atoms with Gasteiger partial charge in [-0.05, 0) is 61.7 Å². The molecule has 0 saturated carbocycles. The molecule has 2 saturated heterocycles. The Morgan fingerprint density at radius 3 is 2.64 bits per heavy atom. The van der Waals surface area contributed by atoms with Gasteiger partial charge in [0.15, 0.2) is 0 Å². The van der Waals surface area contributed by atoms with Crippen molar-refractivity contribution in [1.82, 2.24) is 4.72 Å². The van der Waals surface area contributed by atoms with Crippen LogP contribution in [-0.4, -0.2) is 46.0 Å². The van der Waals surface area contributed by atoms with Crippen LogP contribution in [0.15, 0.2) is 47.4 Å². The Morgan fingerprint density at radius 2 is 1.97 bits per heavy atom. The molecule has 0 aliphatic carbocycles. The van der Waals surface area contributed by atoms with Gasteiger partial charge < -0.3 is 15.0 Å². The lowest BCUT2D eigenvalue weighted by molar-refractivity contribution is -0.122. The van der Waals surface area contributed by atoms with E-state index in [2.05, 4.69) is 10.0 Å². The quantitative estimate of drug-likeness (QED) is 0.619. The van der Waals surface area contributed by atoms with Crippen molar-refractivity contribution < 1.29 is 22.7 Å².